The standard InChI is InChI=1S/C27H30ClN3O5S/c1-4-25(27(33)29-2)30(18-20-13-15-21(28)16-14-20)26(32)19-31(22-9-8-10-23(17-22)36-3)37(34,35)24-11-6-5-7-12-24/h5-17,25H,4,18-19H2,1-3H3,(H,29,33)/t25-/m0/s1. The number of hydrogen-bond acceptors (Lipinski definition) is 5. The van der Waals surface area contributed by atoms with Crippen molar-refractivity contribution in [1.82, 2.24) is 10.2 Å². The van der Waals surface area contributed by atoms with E-state index in [0.717, 1.165) is 9.87 Å². The molecule has 0 saturated heterocycles. The number of hydrogen-bond donors (Lipinski definition) is 1. The third-order valence-corrected chi connectivity index (χ3v) is 7.89. The molecule has 3 aromatic rings. The number of benzene rings is 3. The third-order valence-electron chi connectivity index (χ3n) is 5.85. The fourth-order valence-electron chi connectivity index (χ4n) is 3.89. The van der Waals surface area contributed by atoms with Crippen LogP contribution in [0.25, 0.3) is 0 Å². The monoisotopic (exact) mass is 543 g/mol. The highest BCUT2D eigenvalue weighted by Gasteiger charge is 2.33. The molecule has 0 heterocycles. The van der Waals surface area contributed by atoms with Crippen LogP contribution in [-0.4, -0.2) is 51.9 Å². The minimum atomic E-state index is -4.13. The summed E-state index contributed by atoms with van der Waals surface area (Å²) in [7, 11) is -1.16. The summed E-state index contributed by atoms with van der Waals surface area (Å²) in [6.07, 6.45) is 0.337. The minimum Gasteiger partial charge on any atom is -0.497 e. The molecular formula is C27H30ClN3O5S. The normalized spacial score (nSPS) is 11.9. The van der Waals surface area contributed by atoms with E-state index in [4.69, 9.17) is 16.3 Å². The molecule has 0 aromatic heterocycles. The predicted octanol–water partition coefficient (Wildman–Crippen LogP) is 4.10. The van der Waals surface area contributed by atoms with E-state index in [0.29, 0.717) is 17.2 Å². The number of rotatable bonds is 11. The van der Waals surface area contributed by atoms with Crippen LogP contribution in [0, 0.1) is 0 Å². The van der Waals surface area contributed by atoms with Crippen LogP contribution in [-0.2, 0) is 26.2 Å². The van der Waals surface area contributed by atoms with Gasteiger partial charge in [-0.2, -0.15) is 0 Å². The second-order valence-electron chi connectivity index (χ2n) is 8.21. The predicted molar refractivity (Wildman–Crippen MR) is 144 cm³/mol. The van der Waals surface area contributed by atoms with Crippen LogP contribution in [0.2, 0.25) is 5.02 Å². The van der Waals surface area contributed by atoms with Crippen LogP contribution in [0.5, 0.6) is 5.75 Å². The van der Waals surface area contributed by atoms with E-state index >= 15 is 0 Å². The number of nitrogens with one attached hydrogen (secondary N) is 1. The Bertz CT molecular complexity index is 1320. The number of ether oxygens (including phenoxy) is 1. The zero-order valence-corrected chi connectivity index (χ0v) is 22.5. The lowest BCUT2D eigenvalue weighted by Crippen LogP contribution is -2.51. The maximum absolute atomic E-state index is 13.8. The Morgan fingerprint density at radius 2 is 1.68 bits per heavy atom. The first kappa shape index (κ1) is 28.0. The molecule has 3 rings (SSSR count). The average Bonchev–Trinajstić information content (AvgIpc) is 2.92. The van der Waals surface area contributed by atoms with Gasteiger partial charge in [-0.1, -0.05) is 54.9 Å². The number of carbonyl (C=O) groups excluding carboxylic acids is 2. The lowest BCUT2D eigenvalue weighted by molar-refractivity contribution is -0.140. The van der Waals surface area contributed by atoms with Crippen LogP contribution >= 0.6 is 11.6 Å². The molecule has 2 amide bonds. The van der Waals surface area contributed by atoms with Gasteiger partial charge in [-0.15, -0.1) is 0 Å². The van der Waals surface area contributed by atoms with Crippen LogP contribution < -0.4 is 14.4 Å². The molecule has 0 aliphatic heterocycles. The van der Waals surface area contributed by atoms with Crippen LogP contribution in [0.3, 0.4) is 0 Å². The number of methoxy groups -OCH3 is 1. The first-order valence-electron chi connectivity index (χ1n) is 11.7. The highest BCUT2D eigenvalue weighted by molar-refractivity contribution is 7.92. The summed E-state index contributed by atoms with van der Waals surface area (Å²) in [6, 6.07) is 20.5. The number of amides is 2. The van der Waals surface area contributed by atoms with E-state index in [2.05, 4.69) is 5.32 Å². The van der Waals surface area contributed by atoms with E-state index in [1.165, 1.54) is 31.2 Å². The molecular weight excluding hydrogens is 514 g/mol. The van der Waals surface area contributed by atoms with Crippen molar-refractivity contribution >= 4 is 39.1 Å². The van der Waals surface area contributed by atoms with Gasteiger partial charge < -0.3 is 15.0 Å². The smallest absolute Gasteiger partial charge is 0.264 e. The van der Waals surface area contributed by atoms with Gasteiger partial charge in [0.15, 0.2) is 0 Å². The van der Waals surface area contributed by atoms with Crippen LogP contribution in [0.15, 0.2) is 83.8 Å². The van der Waals surface area contributed by atoms with Gasteiger partial charge in [0.05, 0.1) is 17.7 Å². The molecule has 1 atom stereocenters. The Balaban J connectivity index is 2.06. The average molecular weight is 544 g/mol. The molecule has 0 unspecified atom stereocenters. The van der Waals surface area contributed by atoms with Crippen molar-refractivity contribution < 1.29 is 22.7 Å². The zero-order chi connectivity index (χ0) is 27.0. The van der Waals surface area contributed by atoms with Gasteiger partial charge in [-0.3, -0.25) is 13.9 Å². The second-order valence-corrected chi connectivity index (χ2v) is 10.5. The SMILES string of the molecule is CC[C@@H](C(=O)NC)N(Cc1ccc(Cl)cc1)C(=O)CN(c1cccc(OC)c1)S(=O)(=O)c1ccccc1. The fraction of sp³-hybridized carbons (Fsp3) is 0.259. The van der Waals surface area contributed by atoms with Crippen molar-refractivity contribution in [2.45, 2.75) is 30.8 Å². The van der Waals surface area contributed by atoms with Gasteiger partial charge in [-0.05, 0) is 48.4 Å². The Morgan fingerprint density at radius 1 is 1.00 bits per heavy atom. The second kappa shape index (κ2) is 12.6. The van der Waals surface area contributed by atoms with Crippen LogP contribution in [0.1, 0.15) is 18.9 Å². The van der Waals surface area contributed by atoms with Crippen molar-refractivity contribution in [1.29, 1.82) is 0 Å². The first-order valence-corrected chi connectivity index (χ1v) is 13.5. The number of nitrogens with zero attached hydrogens (tertiary/aromatic N) is 2. The van der Waals surface area contributed by atoms with Crippen molar-refractivity contribution in [3.05, 3.63) is 89.4 Å². The van der Waals surface area contributed by atoms with E-state index in [1.54, 1.807) is 73.7 Å². The summed E-state index contributed by atoms with van der Waals surface area (Å²) in [5, 5.41) is 3.14. The molecule has 0 fully saturated rings. The Hall–Kier alpha value is -3.56. The molecule has 10 heteroatoms. The van der Waals surface area contributed by atoms with Gasteiger partial charge in [0.2, 0.25) is 11.8 Å². The zero-order valence-electron chi connectivity index (χ0n) is 20.9. The lowest BCUT2D eigenvalue weighted by atomic mass is 10.1. The maximum Gasteiger partial charge on any atom is 0.264 e. The lowest BCUT2D eigenvalue weighted by Gasteiger charge is -2.33. The molecule has 196 valence electrons. The number of carbonyl (C=O) groups is 2. The van der Waals surface area contributed by atoms with Crippen molar-refractivity contribution in [2.24, 2.45) is 0 Å². The molecule has 0 bridgehead atoms. The third kappa shape index (κ3) is 6.81. The summed E-state index contributed by atoms with van der Waals surface area (Å²) in [6.45, 7) is 1.37. The van der Waals surface area contributed by atoms with Gasteiger partial charge in [0.25, 0.3) is 10.0 Å². The molecule has 3 aromatic carbocycles. The first-order chi connectivity index (χ1) is 17.7. The number of likely N-dealkylation sites (N-methyl/N-ethyl adjacent to an activating group) is 1. The Labute approximate surface area is 222 Å². The van der Waals surface area contributed by atoms with E-state index in [-0.39, 0.29) is 23.0 Å². The van der Waals surface area contributed by atoms with Crippen LogP contribution in [0.4, 0.5) is 5.69 Å². The number of anilines is 1. The van der Waals surface area contributed by atoms with Gasteiger partial charge in [-0.25, -0.2) is 8.42 Å². The summed E-state index contributed by atoms with van der Waals surface area (Å²) >= 11 is 6.02. The Kier molecular flexibility index (Phi) is 9.54. The molecule has 0 aliphatic rings. The minimum absolute atomic E-state index is 0.0354. The van der Waals surface area contributed by atoms with Gasteiger partial charge in [0.1, 0.15) is 18.3 Å². The quantitative estimate of drug-likeness (QED) is 0.393. The van der Waals surface area contributed by atoms with Gasteiger partial charge in [0, 0.05) is 24.7 Å². The highest BCUT2D eigenvalue weighted by atomic mass is 35.5. The summed E-state index contributed by atoms with van der Waals surface area (Å²) < 4.78 is 33.8. The molecule has 0 spiro atoms. The van der Waals surface area contributed by atoms with Gasteiger partial charge >= 0.3 is 0 Å². The molecule has 0 aliphatic carbocycles. The molecule has 37 heavy (non-hydrogen) atoms. The summed E-state index contributed by atoms with van der Waals surface area (Å²) in [5.41, 5.74) is 1.01. The largest absolute Gasteiger partial charge is 0.497 e. The molecule has 1 N–H and O–H groups in total. The summed E-state index contributed by atoms with van der Waals surface area (Å²) in [4.78, 5) is 28.0. The van der Waals surface area contributed by atoms with Crippen molar-refractivity contribution in [3.63, 3.8) is 0 Å². The van der Waals surface area contributed by atoms with E-state index in [9.17, 15) is 18.0 Å². The van der Waals surface area contributed by atoms with E-state index in [1.807, 2.05) is 0 Å². The topological polar surface area (TPSA) is 96.0 Å². The van der Waals surface area contributed by atoms with E-state index < -0.39 is 28.5 Å². The molecule has 0 saturated carbocycles. The van der Waals surface area contributed by atoms with Crippen molar-refractivity contribution in [2.75, 3.05) is 25.0 Å². The number of sulfonamides is 1. The Morgan fingerprint density at radius 3 is 2.27 bits per heavy atom. The van der Waals surface area contributed by atoms with Crippen molar-refractivity contribution in [3.8, 4) is 5.75 Å². The highest BCUT2D eigenvalue weighted by Crippen LogP contribution is 2.27. The molecule has 0 radical (unpaired) electrons. The number of halogens is 1. The molecule has 8 nitrogen and oxygen atoms in total. The maximum atomic E-state index is 13.8. The summed E-state index contributed by atoms with van der Waals surface area (Å²) in [5.74, 6) is -0.440. The fourth-order valence-corrected chi connectivity index (χ4v) is 5.44.